The highest BCUT2D eigenvalue weighted by molar-refractivity contribution is 5.92. The fraction of sp³-hybridized carbons (Fsp3) is 0.100. The Morgan fingerprint density at radius 3 is 2.57 bits per heavy atom. The second-order valence-corrected chi connectivity index (χ2v) is 6.04. The number of hydrogen-bond acceptors (Lipinski definition) is 4. The van der Waals surface area contributed by atoms with Gasteiger partial charge in [0.05, 0.1) is 29.8 Å². The largest absolute Gasteiger partial charge is 0.481 e. The number of H-pyrrole nitrogens is 1. The Balaban J connectivity index is 1.87. The smallest absolute Gasteiger partial charge is 0.305 e. The van der Waals surface area contributed by atoms with E-state index < -0.39 is 23.5 Å². The molecule has 0 saturated carbocycles. The molecule has 3 rings (SSSR count). The SMILES string of the molecule is N#Cc1cccc([C@H](CC(=O)O)NC(=O)c2cc(=O)n(-c3ccccc3)[nH]2)c1. The first kappa shape index (κ1) is 18.7. The number of amides is 1. The fourth-order valence-electron chi connectivity index (χ4n) is 2.77. The quantitative estimate of drug-likeness (QED) is 0.606. The van der Waals surface area contributed by atoms with E-state index in [9.17, 15) is 19.5 Å². The van der Waals surface area contributed by atoms with Gasteiger partial charge in [-0.1, -0.05) is 30.3 Å². The molecule has 0 radical (unpaired) electrons. The maximum atomic E-state index is 12.6. The summed E-state index contributed by atoms with van der Waals surface area (Å²) in [5.74, 6) is -1.73. The average Bonchev–Trinajstić information content (AvgIpc) is 3.09. The first-order chi connectivity index (χ1) is 13.5. The zero-order chi connectivity index (χ0) is 20.1. The van der Waals surface area contributed by atoms with Crippen molar-refractivity contribution in [1.29, 1.82) is 5.26 Å². The van der Waals surface area contributed by atoms with Crippen LogP contribution in [0.1, 0.15) is 34.1 Å². The van der Waals surface area contributed by atoms with E-state index in [0.29, 0.717) is 16.8 Å². The van der Waals surface area contributed by atoms with Crippen LogP contribution < -0.4 is 10.9 Å². The summed E-state index contributed by atoms with van der Waals surface area (Å²) in [4.78, 5) is 36.0. The molecule has 3 aromatic rings. The second kappa shape index (κ2) is 8.05. The maximum absolute atomic E-state index is 12.6. The number of carbonyl (C=O) groups is 2. The summed E-state index contributed by atoms with van der Waals surface area (Å²) in [7, 11) is 0. The summed E-state index contributed by atoms with van der Waals surface area (Å²) in [5.41, 5.74) is 0.985. The lowest BCUT2D eigenvalue weighted by molar-refractivity contribution is -0.137. The highest BCUT2D eigenvalue weighted by Crippen LogP contribution is 2.19. The molecule has 1 aromatic heterocycles. The molecular weight excluding hydrogens is 360 g/mol. The van der Waals surface area contributed by atoms with E-state index in [2.05, 4.69) is 10.4 Å². The van der Waals surface area contributed by atoms with Gasteiger partial charge in [0.2, 0.25) is 0 Å². The number of rotatable bonds is 6. The number of nitrogens with zero attached hydrogens (tertiary/aromatic N) is 2. The molecule has 8 heteroatoms. The van der Waals surface area contributed by atoms with Gasteiger partial charge in [-0.05, 0) is 29.8 Å². The van der Waals surface area contributed by atoms with Crippen molar-refractivity contribution in [3.05, 3.63) is 87.8 Å². The average molecular weight is 376 g/mol. The van der Waals surface area contributed by atoms with Crippen LogP contribution >= 0.6 is 0 Å². The lowest BCUT2D eigenvalue weighted by Gasteiger charge is -2.17. The van der Waals surface area contributed by atoms with Crippen LogP contribution in [0.5, 0.6) is 0 Å². The molecule has 3 N–H and O–H groups in total. The number of benzene rings is 2. The molecule has 1 heterocycles. The standard InChI is InChI=1S/C20H16N4O4/c21-12-13-5-4-6-14(9-13)16(11-19(26)27)22-20(28)17-10-18(25)24(23-17)15-7-2-1-3-8-15/h1-10,16,23H,11H2,(H,22,28)(H,26,27)/t16-/m0/s1. The Hall–Kier alpha value is -4.12. The van der Waals surface area contributed by atoms with Crippen molar-refractivity contribution in [3.63, 3.8) is 0 Å². The molecule has 1 atom stereocenters. The van der Waals surface area contributed by atoms with Crippen LogP contribution in [0.25, 0.3) is 5.69 Å². The van der Waals surface area contributed by atoms with Crippen molar-refractivity contribution in [3.8, 4) is 11.8 Å². The number of aliphatic carboxylic acids is 1. The summed E-state index contributed by atoms with van der Waals surface area (Å²) >= 11 is 0. The van der Waals surface area contributed by atoms with Crippen LogP contribution in [0.2, 0.25) is 0 Å². The van der Waals surface area contributed by atoms with Crippen LogP contribution in [0, 0.1) is 11.3 Å². The summed E-state index contributed by atoms with van der Waals surface area (Å²) in [5, 5.41) is 23.5. The molecule has 0 fully saturated rings. The summed E-state index contributed by atoms with van der Waals surface area (Å²) in [6, 6.07) is 17.3. The van der Waals surface area contributed by atoms with E-state index in [1.54, 1.807) is 48.5 Å². The number of aromatic amines is 1. The Morgan fingerprint density at radius 1 is 1.14 bits per heavy atom. The van der Waals surface area contributed by atoms with Crippen LogP contribution in [-0.2, 0) is 4.79 Å². The van der Waals surface area contributed by atoms with E-state index in [0.717, 1.165) is 6.07 Å². The number of nitrogens with one attached hydrogen (secondary N) is 2. The molecule has 0 unspecified atom stereocenters. The molecule has 2 aromatic carbocycles. The Kier molecular flexibility index (Phi) is 5.37. The van der Waals surface area contributed by atoms with Gasteiger partial charge in [0.1, 0.15) is 5.69 Å². The van der Waals surface area contributed by atoms with Crippen molar-refractivity contribution in [1.82, 2.24) is 15.1 Å². The number of aromatic nitrogens is 2. The number of para-hydroxylation sites is 1. The third-order valence-corrected chi connectivity index (χ3v) is 4.08. The first-order valence-corrected chi connectivity index (χ1v) is 8.38. The predicted octanol–water partition coefficient (Wildman–Crippen LogP) is 1.98. The third-order valence-electron chi connectivity index (χ3n) is 4.08. The highest BCUT2D eigenvalue weighted by atomic mass is 16.4. The minimum atomic E-state index is -1.11. The molecule has 0 aliphatic heterocycles. The van der Waals surface area contributed by atoms with Gasteiger partial charge in [-0.2, -0.15) is 5.26 Å². The van der Waals surface area contributed by atoms with E-state index in [4.69, 9.17) is 5.26 Å². The van der Waals surface area contributed by atoms with E-state index in [-0.39, 0.29) is 12.1 Å². The van der Waals surface area contributed by atoms with Crippen molar-refractivity contribution in [2.75, 3.05) is 0 Å². The van der Waals surface area contributed by atoms with E-state index >= 15 is 0 Å². The Morgan fingerprint density at radius 2 is 1.89 bits per heavy atom. The molecule has 0 aliphatic rings. The number of hydrogen-bond donors (Lipinski definition) is 3. The fourth-order valence-corrected chi connectivity index (χ4v) is 2.77. The van der Waals surface area contributed by atoms with Crippen molar-refractivity contribution in [2.24, 2.45) is 0 Å². The molecule has 0 aliphatic carbocycles. The minimum absolute atomic E-state index is 0.000629. The van der Waals surface area contributed by atoms with E-state index in [1.807, 2.05) is 6.07 Å². The van der Waals surface area contributed by atoms with Gasteiger partial charge in [0.25, 0.3) is 11.5 Å². The summed E-state index contributed by atoms with van der Waals surface area (Å²) < 4.78 is 1.22. The van der Waals surface area contributed by atoms with Gasteiger partial charge < -0.3 is 10.4 Å². The van der Waals surface area contributed by atoms with Crippen LogP contribution in [0.4, 0.5) is 0 Å². The monoisotopic (exact) mass is 376 g/mol. The van der Waals surface area contributed by atoms with Crippen LogP contribution in [0.3, 0.4) is 0 Å². The molecule has 140 valence electrons. The number of carboxylic acid groups (broad SMARTS) is 1. The topological polar surface area (TPSA) is 128 Å². The Labute approximate surface area is 159 Å². The van der Waals surface area contributed by atoms with Crippen molar-refractivity contribution < 1.29 is 14.7 Å². The van der Waals surface area contributed by atoms with Gasteiger partial charge in [0.15, 0.2) is 0 Å². The van der Waals surface area contributed by atoms with Gasteiger partial charge in [0, 0.05) is 6.07 Å². The van der Waals surface area contributed by atoms with Gasteiger partial charge >= 0.3 is 5.97 Å². The second-order valence-electron chi connectivity index (χ2n) is 6.04. The highest BCUT2D eigenvalue weighted by Gasteiger charge is 2.21. The Bertz CT molecular complexity index is 1110. The van der Waals surface area contributed by atoms with Crippen LogP contribution in [-0.4, -0.2) is 26.8 Å². The van der Waals surface area contributed by atoms with Crippen molar-refractivity contribution >= 4 is 11.9 Å². The lowest BCUT2D eigenvalue weighted by Crippen LogP contribution is -2.30. The molecule has 8 nitrogen and oxygen atoms in total. The molecule has 28 heavy (non-hydrogen) atoms. The minimum Gasteiger partial charge on any atom is -0.481 e. The molecule has 0 bridgehead atoms. The van der Waals surface area contributed by atoms with E-state index in [1.165, 1.54) is 10.7 Å². The molecule has 0 spiro atoms. The van der Waals surface area contributed by atoms with Crippen LogP contribution in [0.15, 0.2) is 65.5 Å². The zero-order valence-electron chi connectivity index (χ0n) is 14.6. The van der Waals surface area contributed by atoms with Gasteiger partial charge in [-0.3, -0.25) is 19.5 Å². The predicted molar refractivity (Wildman–Crippen MR) is 100 cm³/mol. The number of carbonyl (C=O) groups excluding carboxylic acids is 1. The van der Waals surface area contributed by atoms with Crippen molar-refractivity contribution in [2.45, 2.75) is 12.5 Å². The molecular formula is C20H16N4O4. The number of carboxylic acids is 1. The van der Waals surface area contributed by atoms with Gasteiger partial charge in [-0.15, -0.1) is 0 Å². The lowest BCUT2D eigenvalue weighted by atomic mass is 10.0. The normalized spacial score (nSPS) is 11.4. The summed E-state index contributed by atoms with van der Waals surface area (Å²) in [6.45, 7) is 0. The molecule has 0 saturated heterocycles. The summed E-state index contributed by atoms with van der Waals surface area (Å²) in [6.07, 6.45) is -0.371. The number of nitriles is 1. The first-order valence-electron chi connectivity index (χ1n) is 8.38. The van der Waals surface area contributed by atoms with Gasteiger partial charge in [-0.25, -0.2) is 4.68 Å². The maximum Gasteiger partial charge on any atom is 0.305 e. The zero-order valence-corrected chi connectivity index (χ0v) is 14.6. The molecule has 1 amide bonds. The third kappa shape index (κ3) is 4.16.